The molecule has 3 aromatic carbocycles. The molecular weight excluding hydrogens is 542 g/mol. The van der Waals surface area contributed by atoms with Crippen LogP contribution in [0.25, 0.3) is 10.9 Å². The van der Waals surface area contributed by atoms with Gasteiger partial charge in [-0.05, 0) is 67.8 Å². The maximum absolute atomic E-state index is 15.1. The number of halogens is 3. The number of pyridine rings is 1. The second-order valence-electron chi connectivity index (χ2n) is 9.43. The van der Waals surface area contributed by atoms with Crippen molar-refractivity contribution in [1.29, 1.82) is 0 Å². The molecule has 0 saturated heterocycles. The SMILES string of the molecule is CNC(=O)c1cc2nccc(Oc3cc(Cl)c(NC(=O)C4(C(=O)Nc5ccc(F)cc5)CC4)cc3F)c2cc1C. The molecule has 0 bridgehead atoms. The van der Waals surface area contributed by atoms with Gasteiger partial charge in [-0.3, -0.25) is 19.4 Å². The quantitative estimate of drug-likeness (QED) is 0.239. The normalized spacial score (nSPS) is 13.4. The van der Waals surface area contributed by atoms with Crippen molar-refractivity contribution in [3.05, 3.63) is 88.6 Å². The maximum Gasteiger partial charge on any atom is 0.251 e. The van der Waals surface area contributed by atoms with Crippen LogP contribution >= 0.6 is 11.6 Å². The minimum atomic E-state index is -1.34. The number of ether oxygens (including phenoxy) is 1. The van der Waals surface area contributed by atoms with Crippen molar-refractivity contribution in [2.45, 2.75) is 19.8 Å². The fourth-order valence-electron chi connectivity index (χ4n) is 4.27. The van der Waals surface area contributed by atoms with Gasteiger partial charge < -0.3 is 20.7 Å². The van der Waals surface area contributed by atoms with Gasteiger partial charge in [-0.15, -0.1) is 0 Å². The number of rotatable bonds is 7. The van der Waals surface area contributed by atoms with Crippen molar-refractivity contribution in [3.63, 3.8) is 0 Å². The molecule has 3 amide bonds. The van der Waals surface area contributed by atoms with Crippen LogP contribution in [0.2, 0.25) is 5.02 Å². The van der Waals surface area contributed by atoms with Crippen molar-refractivity contribution < 1.29 is 27.9 Å². The Hall–Kier alpha value is -4.57. The highest BCUT2D eigenvalue weighted by Gasteiger charge is 2.56. The molecule has 204 valence electrons. The van der Waals surface area contributed by atoms with Crippen LogP contribution in [-0.4, -0.2) is 29.8 Å². The molecular formula is C29H23ClF2N4O4. The van der Waals surface area contributed by atoms with E-state index in [1.807, 2.05) is 0 Å². The largest absolute Gasteiger partial charge is 0.453 e. The molecule has 1 fully saturated rings. The van der Waals surface area contributed by atoms with E-state index in [9.17, 15) is 18.8 Å². The number of carbonyl (C=O) groups is 3. The highest BCUT2D eigenvalue weighted by Crippen LogP contribution is 2.48. The number of nitrogens with one attached hydrogen (secondary N) is 3. The lowest BCUT2D eigenvalue weighted by Gasteiger charge is -2.17. The van der Waals surface area contributed by atoms with E-state index in [4.69, 9.17) is 16.3 Å². The Morgan fingerprint density at radius 3 is 2.33 bits per heavy atom. The highest BCUT2D eigenvalue weighted by molar-refractivity contribution is 6.34. The molecule has 3 N–H and O–H groups in total. The summed E-state index contributed by atoms with van der Waals surface area (Å²) in [5, 5.41) is 8.29. The number of amides is 3. The summed E-state index contributed by atoms with van der Waals surface area (Å²) in [4.78, 5) is 42.3. The van der Waals surface area contributed by atoms with Gasteiger partial charge in [0, 0.05) is 42.0 Å². The topological polar surface area (TPSA) is 109 Å². The minimum absolute atomic E-state index is 0.00376. The number of anilines is 2. The summed E-state index contributed by atoms with van der Waals surface area (Å²) in [6.07, 6.45) is 2.06. The molecule has 5 rings (SSSR count). The first-order chi connectivity index (χ1) is 19.1. The molecule has 11 heteroatoms. The Morgan fingerprint density at radius 1 is 0.950 bits per heavy atom. The Balaban J connectivity index is 1.35. The van der Waals surface area contributed by atoms with Crippen LogP contribution in [0.3, 0.4) is 0 Å². The smallest absolute Gasteiger partial charge is 0.251 e. The molecule has 1 saturated carbocycles. The summed E-state index contributed by atoms with van der Waals surface area (Å²) < 4.78 is 34.1. The number of nitrogens with zero attached hydrogens (tertiary/aromatic N) is 1. The summed E-state index contributed by atoms with van der Waals surface area (Å²) in [6, 6.07) is 12.3. The Bertz CT molecular complexity index is 1670. The van der Waals surface area contributed by atoms with E-state index in [0.717, 1.165) is 6.07 Å². The molecule has 40 heavy (non-hydrogen) atoms. The molecule has 1 aliphatic carbocycles. The average molecular weight is 565 g/mol. The van der Waals surface area contributed by atoms with Crippen LogP contribution in [0.4, 0.5) is 20.2 Å². The Morgan fingerprint density at radius 2 is 1.65 bits per heavy atom. The Kier molecular flexibility index (Phi) is 7.12. The number of aryl methyl sites for hydroxylation is 1. The van der Waals surface area contributed by atoms with Crippen LogP contribution < -0.4 is 20.7 Å². The van der Waals surface area contributed by atoms with Crippen LogP contribution in [0.15, 0.2) is 60.8 Å². The summed E-state index contributed by atoms with van der Waals surface area (Å²) in [5.74, 6) is -2.61. The number of fused-ring (bicyclic) bond motifs is 1. The number of hydrogen-bond donors (Lipinski definition) is 3. The van der Waals surface area contributed by atoms with E-state index >= 15 is 4.39 Å². The molecule has 4 aromatic rings. The first-order valence-electron chi connectivity index (χ1n) is 12.3. The van der Waals surface area contributed by atoms with Gasteiger partial charge in [0.2, 0.25) is 11.8 Å². The van der Waals surface area contributed by atoms with Gasteiger partial charge in [-0.1, -0.05) is 11.6 Å². The second-order valence-corrected chi connectivity index (χ2v) is 9.84. The maximum atomic E-state index is 15.1. The Labute approximate surface area is 232 Å². The molecule has 0 aliphatic heterocycles. The predicted octanol–water partition coefficient (Wildman–Crippen LogP) is 5.98. The van der Waals surface area contributed by atoms with Crippen molar-refractivity contribution in [3.8, 4) is 11.5 Å². The average Bonchev–Trinajstić information content (AvgIpc) is 3.75. The number of benzene rings is 3. The summed E-state index contributed by atoms with van der Waals surface area (Å²) in [5.41, 5.74) is 0.589. The van der Waals surface area contributed by atoms with Gasteiger partial charge in [0.05, 0.1) is 16.2 Å². The summed E-state index contributed by atoms with van der Waals surface area (Å²) in [7, 11) is 1.53. The molecule has 1 aliphatic rings. The number of carbonyl (C=O) groups excluding carboxylic acids is 3. The van der Waals surface area contributed by atoms with Crippen LogP contribution in [0.5, 0.6) is 11.5 Å². The van der Waals surface area contributed by atoms with E-state index < -0.39 is 28.9 Å². The lowest BCUT2D eigenvalue weighted by Crippen LogP contribution is -2.35. The van der Waals surface area contributed by atoms with Crippen LogP contribution in [-0.2, 0) is 9.59 Å². The number of aromatic nitrogens is 1. The minimum Gasteiger partial charge on any atom is -0.453 e. The molecule has 0 atom stereocenters. The van der Waals surface area contributed by atoms with Crippen LogP contribution in [0.1, 0.15) is 28.8 Å². The van der Waals surface area contributed by atoms with E-state index in [1.54, 1.807) is 25.1 Å². The molecule has 1 heterocycles. The predicted molar refractivity (Wildman–Crippen MR) is 147 cm³/mol. The number of hydrogen-bond acceptors (Lipinski definition) is 5. The van der Waals surface area contributed by atoms with Crippen molar-refractivity contribution in [1.82, 2.24) is 10.3 Å². The third-order valence-corrected chi connectivity index (χ3v) is 7.04. The molecule has 0 spiro atoms. The molecule has 0 unspecified atom stereocenters. The first-order valence-corrected chi connectivity index (χ1v) is 12.7. The van der Waals surface area contributed by atoms with Gasteiger partial charge in [-0.25, -0.2) is 8.78 Å². The molecule has 8 nitrogen and oxygen atoms in total. The molecule has 1 aromatic heterocycles. The van der Waals surface area contributed by atoms with Crippen molar-refractivity contribution >= 4 is 51.6 Å². The summed E-state index contributed by atoms with van der Waals surface area (Å²) in [6.45, 7) is 1.77. The monoisotopic (exact) mass is 564 g/mol. The third kappa shape index (κ3) is 5.17. The van der Waals surface area contributed by atoms with Gasteiger partial charge in [0.15, 0.2) is 11.6 Å². The zero-order valence-electron chi connectivity index (χ0n) is 21.4. The second kappa shape index (κ2) is 10.5. The zero-order chi connectivity index (χ0) is 28.6. The fourth-order valence-corrected chi connectivity index (χ4v) is 4.47. The zero-order valence-corrected chi connectivity index (χ0v) is 22.2. The van der Waals surface area contributed by atoms with E-state index in [-0.39, 0.29) is 28.1 Å². The third-order valence-electron chi connectivity index (χ3n) is 6.73. The van der Waals surface area contributed by atoms with Crippen LogP contribution in [0, 0.1) is 24.0 Å². The van der Waals surface area contributed by atoms with Crippen molar-refractivity contribution in [2.75, 3.05) is 17.7 Å². The van der Waals surface area contributed by atoms with E-state index in [2.05, 4.69) is 20.9 Å². The molecule has 0 radical (unpaired) electrons. The van der Waals surface area contributed by atoms with Gasteiger partial charge in [0.1, 0.15) is 17.0 Å². The lowest BCUT2D eigenvalue weighted by molar-refractivity contribution is -0.131. The summed E-state index contributed by atoms with van der Waals surface area (Å²) >= 11 is 6.37. The van der Waals surface area contributed by atoms with E-state index in [0.29, 0.717) is 40.6 Å². The van der Waals surface area contributed by atoms with E-state index in [1.165, 1.54) is 43.6 Å². The first kappa shape index (κ1) is 27.0. The standard InChI is InChI=1S/C29H23ClF2N4O4/c1-15-11-19-22(12-18(15)26(37)33-2)34-10-7-24(19)40-25-13-20(30)23(14-21(25)32)36-28(39)29(8-9-29)27(38)35-17-5-3-16(31)4-6-17/h3-7,10-14H,8-9H2,1-2H3,(H,33,37)(H,35,38)(H,36,39). The lowest BCUT2D eigenvalue weighted by atomic mass is 10.0. The van der Waals surface area contributed by atoms with Crippen molar-refractivity contribution in [2.24, 2.45) is 5.41 Å². The van der Waals surface area contributed by atoms with Gasteiger partial charge in [0.25, 0.3) is 5.91 Å². The van der Waals surface area contributed by atoms with Gasteiger partial charge >= 0.3 is 0 Å². The fraction of sp³-hybridized carbons (Fsp3) is 0.172. The highest BCUT2D eigenvalue weighted by atomic mass is 35.5. The van der Waals surface area contributed by atoms with Gasteiger partial charge in [-0.2, -0.15) is 0 Å².